The van der Waals surface area contributed by atoms with Crippen molar-refractivity contribution in [2.24, 2.45) is 0 Å². The summed E-state index contributed by atoms with van der Waals surface area (Å²) in [4.78, 5) is 4.85. The minimum atomic E-state index is -0.274. The molecule has 0 unspecified atom stereocenters. The third kappa shape index (κ3) is 3.34. The SMILES string of the molecule is Cc1nc2c(-c3ccccc3)c(C)nn2c(Nc2ccc(F)cc2)c1CCCl. The van der Waals surface area contributed by atoms with E-state index < -0.39 is 0 Å². The monoisotopic (exact) mass is 394 g/mol. The van der Waals surface area contributed by atoms with Crippen molar-refractivity contribution in [2.45, 2.75) is 20.3 Å². The third-order valence-electron chi connectivity index (χ3n) is 4.76. The Morgan fingerprint density at radius 3 is 2.39 bits per heavy atom. The highest BCUT2D eigenvalue weighted by Gasteiger charge is 2.20. The molecule has 0 amide bonds. The topological polar surface area (TPSA) is 42.2 Å². The van der Waals surface area contributed by atoms with Crippen LogP contribution in [0, 0.1) is 19.7 Å². The van der Waals surface area contributed by atoms with Gasteiger partial charge in [-0.15, -0.1) is 11.6 Å². The van der Waals surface area contributed by atoms with Gasteiger partial charge in [0.25, 0.3) is 0 Å². The zero-order valence-electron chi connectivity index (χ0n) is 15.7. The molecule has 0 atom stereocenters. The minimum Gasteiger partial charge on any atom is -0.340 e. The van der Waals surface area contributed by atoms with Crippen LogP contribution >= 0.6 is 11.6 Å². The number of halogens is 2. The maximum absolute atomic E-state index is 13.3. The van der Waals surface area contributed by atoms with Crippen LogP contribution in [-0.4, -0.2) is 20.5 Å². The summed E-state index contributed by atoms with van der Waals surface area (Å²) < 4.78 is 15.1. The second kappa shape index (κ2) is 7.60. The summed E-state index contributed by atoms with van der Waals surface area (Å²) in [5.41, 5.74) is 6.41. The highest BCUT2D eigenvalue weighted by Crippen LogP contribution is 2.32. The van der Waals surface area contributed by atoms with Crippen molar-refractivity contribution < 1.29 is 4.39 Å². The zero-order chi connectivity index (χ0) is 19.7. The van der Waals surface area contributed by atoms with Gasteiger partial charge in [0.15, 0.2) is 5.65 Å². The number of hydrogen-bond donors (Lipinski definition) is 1. The molecule has 0 saturated heterocycles. The highest BCUT2D eigenvalue weighted by molar-refractivity contribution is 6.18. The van der Waals surface area contributed by atoms with Gasteiger partial charge in [0.1, 0.15) is 11.6 Å². The second-order valence-electron chi connectivity index (χ2n) is 6.66. The molecule has 2 aromatic carbocycles. The molecule has 0 bridgehead atoms. The predicted octanol–water partition coefficient (Wildman–Crippen LogP) is 5.68. The fourth-order valence-electron chi connectivity index (χ4n) is 3.43. The van der Waals surface area contributed by atoms with E-state index in [1.807, 2.05) is 36.6 Å². The number of nitrogens with one attached hydrogen (secondary N) is 1. The van der Waals surface area contributed by atoms with Crippen LogP contribution in [0.4, 0.5) is 15.9 Å². The Kier molecular flexibility index (Phi) is 5.01. The van der Waals surface area contributed by atoms with Gasteiger partial charge < -0.3 is 5.32 Å². The first-order valence-corrected chi connectivity index (χ1v) is 9.64. The Morgan fingerprint density at radius 2 is 1.71 bits per heavy atom. The van der Waals surface area contributed by atoms with Crippen molar-refractivity contribution in [2.75, 3.05) is 11.2 Å². The maximum atomic E-state index is 13.3. The van der Waals surface area contributed by atoms with E-state index in [9.17, 15) is 4.39 Å². The molecule has 0 aliphatic carbocycles. The minimum absolute atomic E-state index is 0.274. The molecule has 4 aromatic rings. The molecule has 2 heterocycles. The first-order valence-electron chi connectivity index (χ1n) is 9.11. The Hall–Kier alpha value is -2.92. The number of nitrogens with zero attached hydrogens (tertiary/aromatic N) is 3. The second-order valence-corrected chi connectivity index (χ2v) is 7.04. The number of anilines is 2. The van der Waals surface area contributed by atoms with Gasteiger partial charge in [-0.2, -0.15) is 9.61 Å². The van der Waals surface area contributed by atoms with Gasteiger partial charge in [0, 0.05) is 28.4 Å². The van der Waals surface area contributed by atoms with Gasteiger partial charge in [-0.25, -0.2) is 9.37 Å². The van der Waals surface area contributed by atoms with Crippen molar-refractivity contribution in [3.05, 3.63) is 77.4 Å². The molecule has 6 heteroatoms. The summed E-state index contributed by atoms with van der Waals surface area (Å²) in [5.74, 6) is 1.00. The third-order valence-corrected chi connectivity index (χ3v) is 4.95. The van der Waals surface area contributed by atoms with Crippen LogP contribution in [0.3, 0.4) is 0 Å². The standard InChI is InChI=1S/C22H20ClFN4/c1-14-19(12-13-23)21(26-18-10-8-17(24)9-11-18)28-22(25-14)20(15(2)27-28)16-6-4-3-5-7-16/h3-11,26H,12-13H2,1-2H3. The molecule has 142 valence electrons. The van der Waals surface area contributed by atoms with E-state index in [0.717, 1.165) is 45.2 Å². The summed E-state index contributed by atoms with van der Waals surface area (Å²) in [6, 6.07) is 16.4. The van der Waals surface area contributed by atoms with E-state index in [1.165, 1.54) is 12.1 Å². The number of aryl methyl sites for hydroxylation is 2. The van der Waals surface area contributed by atoms with Gasteiger partial charge in [-0.1, -0.05) is 30.3 Å². The van der Waals surface area contributed by atoms with E-state index in [4.69, 9.17) is 21.7 Å². The molecule has 28 heavy (non-hydrogen) atoms. The smallest absolute Gasteiger partial charge is 0.165 e. The van der Waals surface area contributed by atoms with Crippen molar-refractivity contribution in [3.63, 3.8) is 0 Å². The molecule has 0 radical (unpaired) electrons. The van der Waals surface area contributed by atoms with E-state index >= 15 is 0 Å². The lowest BCUT2D eigenvalue weighted by molar-refractivity contribution is 0.628. The average Bonchev–Trinajstić information content (AvgIpc) is 3.02. The lowest BCUT2D eigenvalue weighted by atomic mass is 10.1. The number of fused-ring (bicyclic) bond motifs is 1. The number of hydrogen-bond acceptors (Lipinski definition) is 3. The zero-order valence-corrected chi connectivity index (χ0v) is 16.5. The number of alkyl halides is 1. The quantitative estimate of drug-likeness (QED) is 0.443. The Morgan fingerprint density at radius 1 is 1.00 bits per heavy atom. The molecule has 1 N–H and O–H groups in total. The van der Waals surface area contributed by atoms with Gasteiger partial charge >= 0.3 is 0 Å². The lowest BCUT2D eigenvalue weighted by Gasteiger charge is -2.15. The van der Waals surface area contributed by atoms with Crippen LogP contribution in [-0.2, 0) is 6.42 Å². The molecule has 4 nitrogen and oxygen atoms in total. The van der Waals surface area contributed by atoms with E-state index in [0.29, 0.717) is 12.3 Å². The normalized spacial score (nSPS) is 11.1. The highest BCUT2D eigenvalue weighted by atomic mass is 35.5. The lowest BCUT2D eigenvalue weighted by Crippen LogP contribution is -2.09. The van der Waals surface area contributed by atoms with Crippen LogP contribution in [0.1, 0.15) is 17.0 Å². The first-order chi connectivity index (χ1) is 13.6. The van der Waals surface area contributed by atoms with Crippen molar-refractivity contribution in [3.8, 4) is 11.1 Å². The van der Waals surface area contributed by atoms with Gasteiger partial charge in [-0.05, 0) is 50.1 Å². The largest absolute Gasteiger partial charge is 0.340 e. The molecule has 0 fully saturated rings. The molecule has 4 rings (SSSR count). The molecule has 0 aliphatic heterocycles. The summed E-state index contributed by atoms with van der Waals surface area (Å²) >= 11 is 6.05. The molecule has 0 saturated carbocycles. The van der Waals surface area contributed by atoms with Crippen LogP contribution in [0.25, 0.3) is 16.8 Å². The van der Waals surface area contributed by atoms with Gasteiger partial charge in [0.05, 0.1) is 5.69 Å². The molecule has 0 aliphatic rings. The Labute approximate surface area is 168 Å². The Balaban J connectivity index is 1.95. The van der Waals surface area contributed by atoms with Gasteiger partial charge in [0.2, 0.25) is 0 Å². The van der Waals surface area contributed by atoms with Crippen LogP contribution in [0.15, 0.2) is 54.6 Å². The average molecular weight is 395 g/mol. The van der Waals surface area contributed by atoms with E-state index in [-0.39, 0.29) is 5.82 Å². The summed E-state index contributed by atoms with van der Waals surface area (Å²) in [7, 11) is 0. The fourth-order valence-corrected chi connectivity index (χ4v) is 3.62. The number of benzene rings is 2. The number of rotatable bonds is 5. The van der Waals surface area contributed by atoms with Crippen molar-refractivity contribution >= 4 is 28.8 Å². The molecule has 2 aromatic heterocycles. The first kappa shape index (κ1) is 18.4. The van der Waals surface area contributed by atoms with Crippen molar-refractivity contribution in [1.82, 2.24) is 14.6 Å². The summed E-state index contributed by atoms with van der Waals surface area (Å²) in [6.45, 7) is 3.96. The van der Waals surface area contributed by atoms with Crippen LogP contribution in [0.5, 0.6) is 0 Å². The predicted molar refractivity (Wildman–Crippen MR) is 112 cm³/mol. The van der Waals surface area contributed by atoms with Crippen LogP contribution in [0.2, 0.25) is 0 Å². The van der Waals surface area contributed by atoms with Crippen LogP contribution < -0.4 is 5.32 Å². The molecular weight excluding hydrogens is 375 g/mol. The maximum Gasteiger partial charge on any atom is 0.165 e. The molecular formula is C22H20ClFN4. The van der Waals surface area contributed by atoms with E-state index in [1.54, 1.807) is 12.1 Å². The Bertz CT molecular complexity index is 1120. The fraction of sp³-hybridized carbons (Fsp3) is 0.182. The summed E-state index contributed by atoms with van der Waals surface area (Å²) in [5, 5.41) is 8.16. The molecule has 0 spiro atoms. The van der Waals surface area contributed by atoms with Gasteiger partial charge in [-0.3, -0.25) is 0 Å². The van der Waals surface area contributed by atoms with Crippen molar-refractivity contribution in [1.29, 1.82) is 0 Å². The summed E-state index contributed by atoms with van der Waals surface area (Å²) in [6.07, 6.45) is 0.652. The number of aromatic nitrogens is 3. The van der Waals surface area contributed by atoms with E-state index in [2.05, 4.69) is 17.4 Å².